The Balaban J connectivity index is 2.11. The standard InChI is InChI=1S/C16H22FNO2/c1-10(2)12-5-3-4-6-14(12)18-16(20)13-9-11(17)7-8-15(13)19/h7-10,12,14,19H,3-6H2,1-2H3,(H,18,20). The third kappa shape index (κ3) is 3.30. The molecule has 1 aromatic rings. The Bertz CT molecular complexity index is 487. The first-order valence-corrected chi connectivity index (χ1v) is 7.28. The topological polar surface area (TPSA) is 49.3 Å². The third-order valence-corrected chi connectivity index (χ3v) is 4.20. The number of hydrogen-bond acceptors (Lipinski definition) is 2. The minimum Gasteiger partial charge on any atom is -0.507 e. The van der Waals surface area contributed by atoms with E-state index in [1.807, 2.05) is 0 Å². The van der Waals surface area contributed by atoms with Gasteiger partial charge in [-0.05, 0) is 42.9 Å². The minimum absolute atomic E-state index is 0.0121. The van der Waals surface area contributed by atoms with Gasteiger partial charge in [-0.25, -0.2) is 4.39 Å². The molecule has 20 heavy (non-hydrogen) atoms. The van der Waals surface area contributed by atoms with E-state index in [4.69, 9.17) is 0 Å². The van der Waals surface area contributed by atoms with Gasteiger partial charge >= 0.3 is 0 Å². The molecule has 1 aliphatic rings. The summed E-state index contributed by atoms with van der Waals surface area (Å²) in [6.07, 6.45) is 4.35. The van der Waals surface area contributed by atoms with Gasteiger partial charge in [0, 0.05) is 6.04 Å². The molecule has 0 spiro atoms. The fourth-order valence-corrected chi connectivity index (χ4v) is 3.07. The molecule has 0 bridgehead atoms. The fraction of sp³-hybridized carbons (Fsp3) is 0.562. The second-order valence-corrected chi connectivity index (χ2v) is 5.93. The number of hydrogen-bond donors (Lipinski definition) is 2. The molecular weight excluding hydrogens is 257 g/mol. The van der Waals surface area contributed by atoms with Crippen LogP contribution in [-0.2, 0) is 0 Å². The van der Waals surface area contributed by atoms with E-state index in [2.05, 4.69) is 19.2 Å². The van der Waals surface area contributed by atoms with E-state index < -0.39 is 5.82 Å². The molecule has 1 amide bonds. The lowest BCUT2D eigenvalue weighted by Gasteiger charge is -2.34. The highest BCUT2D eigenvalue weighted by atomic mass is 19.1. The van der Waals surface area contributed by atoms with E-state index >= 15 is 0 Å². The van der Waals surface area contributed by atoms with Gasteiger partial charge in [-0.2, -0.15) is 0 Å². The molecule has 0 radical (unpaired) electrons. The number of carbonyl (C=O) groups is 1. The Morgan fingerprint density at radius 1 is 1.35 bits per heavy atom. The largest absolute Gasteiger partial charge is 0.507 e. The van der Waals surface area contributed by atoms with Crippen LogP contribution in [0.1, 0.15) is 49.9 Å². The summed E-state index contributed by atoms with van der Waals surface area (Å²) < 4.78 is 13.2. The molecule has 0 aliphatic heterocycles. The first-order valence-electron chi connectivity index (χ1n) is 7.28. The van der Waals surface area contributed by atoms with E-state index in [0.29, 0.717) is 11.8 Å². The van der Waals surface area contributed by atoms with Crippen molar-refractivity contribution in [3.05, 3.63) is 29.6 Å². The van der Waals surface area contributed by atoms with Gasteiger partial charge in [-0.15, -0.1) is 0 Å². The number of amides is 1. The van der Waals surface area contributed by atoms with Gasteiger partial charge in [0.2, 0.25) is 0 Å². The Kier molecular flexibility index (Phi) is 4.63. The summed E-state index contributed by atoms with van der Waals surface area (Å²) in [5.74, 6) is -0.137. The quantitative estimate of drug-likeness (QED) is 0.890. The number of carbonyl (C=O) groups excluding carboxylic acids is 1. The molecule has 2 unspecified atom stereocenters. The highest BCUT2D eigenvalue weighted by Gasteiger charge is 2.29. The van der Waals surface area contributed by atoms with Crippen molar-refractivity contribution in [1.82, 2.24) is 5.32 Å². The zero-order chi connectivity index (χ0) is 14.7. The Labute approximate surface area is 119 Å². The van der Waals surface area contributed by atoms with E-state index in [-0.39, 0.29) is 23.3 Å². The van der Waals surface area contributed by atoms with Crippen molar-refractivity contribution in [2.45, 2.75) is 45.6 Å². The molecule has 2 N–H and O–H groups in total. The predicted molar refractivity (Wildman–Crippen MR) is 76.1 cm³/mol. The molecule has 1 aromatic carbocycles. The van der Waals surface area contributed by atoms with Crippen LogP contribution < -0.4 is 5.32 Å². The number of nitrogens with one attached hydrogen (secondary N) is 1. The van der Waals surface area contributed by atoms with Crippen molar-refractivity contribution in [2.24, 2.45) is 11.8 Å². The summed E-state index contributed by atoms with van der Waals surface area (Å²) in [5.41, 5.74) is 0.0121. The summed E-state index contributed by atoms with van der Waals surface area (Å²) in [6.45, 7) is 4.32. The third-order valence-electron chi connectivity index (χ3n) is 4.20. The van der Waals surface area contributed by atoms with Gasteiger partial charge in [-0.3, -0.25) is 4.79 Å². The van der Waals surface area contributed by atoms with E-state index in [0.717, 1.165) is 31.4 Å². The number of benzene rings is 1. The van der Waals surface area contributed by atoms with E-state index in [9.17, 15) is 14.3 Å². The summed E-state index contributed by atoms with van der Waals surface area (Å²) in [7, 11) is 0. The maximum absolute atomic E-state index is 13.2. The van der Waals surface area contributed by atoms with Crippen LogP contribution in [0.5, 0.6) is 5.75 Å². The van der Waals surface area contributed by atoms with Gasteiger partial charge < -0.3 is 10.4 Å². The molecule has 1 aliphatic carbocycles. The van der Waals surface area contributed by atoms with Crippen LogP contribution in [0.4, 0.5) is 4.39 Å². The van der Waals surface area contributed by atoms with Gasteiger partial charge in [0.25, 0.3) is 5.91 Å². The molecule has 3 nitrogen and oxygen atoms in total. The van der Waals surface area contributed by atoms with Crippen LogP contribution in [0.2, 0.25) is 0 Å². The Hall–Kier alpha value is -1.58. The summed E-state index contributed by atoms with van der Waals surface area (Å²) >= 11 is 0. The second-order valence-electron chi connectivity index (χ2n) is 5.93. The van der Waals surface area contributed by atoms with Crippen LogP contribution in [0.3, 0.4) is 0 Å². The normalized spacial score (nSPS) is 22.8. The molecule has 2 rings (SSSR count). The van der Waals surface area contributed by atoms with Crippen LogP contribution in [0, 0.1) is 17.7 Å². The highest BCUT2D eigenvalue weighted by Crippen LogP contribution is 2.30. The molecule has 1 saturated carbocycles. The Morgan fingerprint density at radius 3 is 2.75 bits per heavy atom. The lowest BCUT2D eigenvalue weighted by molar-refractivity contribution is 0.0886. The lowest BCUT2D eigenvalue weighted by atomic mass is 9.78. The van der Waals surface area contributed by atoms with Crippen LogP contribution in [-0.4, -0.2) is 17.1 Å². The molecule has 1 fully saturated rings. The van der Waals surface area contributed by atoms with Crippen LogP contribution in [0.25, 0.3) is 0 Å². The van der Waals surface area contributed by atoms with Crippen molar-refractivity contribution in [3.63, 3.8) is 0 Å². The van der Waals surface area contributed by atoms with Crippen molar-refractivity contribution < 1.29 is 14.3 Å². The van der Waals surface area contributed by atoms with Gasteiger partial charge in [0.05, 0.1) is 5.56 Å². The number of aromatic hydroxyl groups is 1. The zero-order valence-electron chi connectivity index (χ0n) is 12.0. The molecule has 0 saturated heterocycles. The smallest absolute Gasteiger partial charge is 0.255 e. The molecule has 110 valence electrons. The van der Waals surface area contributed by atoms with Crippen molar-refractivity contribution >= 4 is 5.91 Å². The number of phenols is 1. The fourth-order valence-electron chi connectivity index (χ4n) is 3.07. The minimum atomic E-state index is -0.517. The molecule has 2 atom stereocenters. The Morgan fingerprint density at radius 2 is 2.05 bits per heavy atom. The monoisotopic (exact) mass is 279 g/mol. The van der Waals surface area contributed by atoms with E-state index in [1.165, 1.54) is 12.5 Å². The molecule has 0 heterocycles. The maximum atomic E-state index is 13.2. The van der Waals surface area contributed by atoms with E-state index in [1.54, 1.807) is 0 Å². The second kappa shape index (κ2) is 6.25. The van der Waals surface area contributed by atoms with Crippen LogP contribution >= 0.6 is 0 Å². The van der Waals surface area contributed by atoms with Crippen LogP contribution in [0.15, 0.2) is 18.2 Å². The van der Waals surface area contributed by atoms with Crippen molar-refractivity contribution in [2.75, 3.05) is 0 Å². The first kappa shape index (κ1) is 14.8. The number of halogens is 1. The molecule has 4 heteroatoms. The molecular formula is C16H22FNO2. The summed E-state index contributed by atoms with van der Waals surface area (Å²) in [4.78, 5) is 12.2. The van der Waals surface area contributed by atoms with Gasteiger partial charge in [0.15, 0.2) is 0 Å². The maximum Gasteiger partial charge on any atom is 0.255 e. The SMILES string of the molecule is CC(C)C1CCCCC1NC(=O)c1cc(F)ccc1O. The molecule has 0 aromatic heterocycles. The summed E-state index contributed by atoms with van der Waals surface area (Å²) in [5, 5.41) is 12.7. The van der Waals surface area contributed by atoms with Gasteiger partial charge in [0.1, 0.15) is 11.6 Å². The highest BCUT2D eigenvalue weighted by molar-refractivity contribution is 5.97. The summed E-state index contributed by atoms with van der Waals surface area (Å²) in [6, 6.07) is 3.55. The average Bonchev–Trinajstić information content (AvgIpc) is 2.41. The zero-order valence-corrected chi connectivity index (χ0v) is 12.0. The van der Waals surface area contributed by atoms with Crippen molar-refractivity contribution in [1.29, 1.82) is 0 Å². The number of phenolic OH excluding ortho intramolecular Hbond substituents is 1. The number of rotatable bonds is 3. The average molecular weight is 279 g/mol. The first-order chi connectivity index (χ1) is 9.49. The van der Waals surface area contributed by atoms with Crippen molar-refractivity contribution in [3.8, 4) is 5.75 Å². The lowest BCUT2D eigenvalue weighted by Crippen LogP contribution is -2.44. The van der Waals surface area contributed by atoms with Gasteiger partial charge in [-0.1, -0.05) is 26.7 Å². The predicted octanol–water partition coefficient (Wildman–Crippen LogP) is 3.48.